The van der Waals surface area contributed by atoms with Crippen LogP contribution in [0.5, 0.6) is 0 Å². The van der Waals surface area contributed by atoms with E-state index in [0.717, 1.165) is 33.6 Å². The van der Waals surface area contributed by atoms with Gasteiger partial charge in [-0.15, -0.1) is 0 Å². The number of aliphatic carboxylic acids is 1. The summed E-state index contributed by atoms with van der Waals surface area (Å²) in [4.78, 5) is 39.3. The predicted octanol–water partition coefficient (Wildman–Crippen LogP) is 6.03. The lowest BCUT2D eigenvalue weighted by Crippen LogP contribution is -2.29. The second-order valence-corrected chi connectivity index (χ2v) is 8.38. The fourth-order valence-corrected chi connectivity index (χ4v) is 3.75. The van der Waals surface area contributed by atoms with Crippen LogP contribution in [0.2, 0.25) is 5.02 Å². The van der Waals surface area contributed by atoms with Crippen LogP contribution in [0.3, 0.4) is 0 Å². The van der Waals surface area contributed by atoms with Gasteiger partial charge >= 0.3 is 12.1 Å². The van der Waals surface area contributed by atoms with Crippen molar-refractivity contribution in [1.82, 2.24) is 4.98 Å². The number of amides is 2. The van der Waals surface area contributed by atoms with E-state index in [4.69, 9.17) is 21.5 Å². The molecule has 2 amide bonds. The number of fused-ring (bicyclic) bond motifs is 2. The maximum absolute atomic E-state index is 12.5. The molecule has 192 valence electrons. The van der Waals surface area contributed by atoms with Crippen LogP contribution >= 0.6 is 11.6 Å². The number of nitrogens with one attached hydrogen (secondary N) is 1. The number of anilines is 2. The number of pyridine rings is 1. The maximum atomic E-state index is 12.5. The number of hydrogen-bond donors (Lipinski definition) is 2. The van der Waals surface area contributed by atoms with Gasteiger partial charge in [0.15, 0.2) is 0 Å². The highest BCUT2D eigenvalue weighted by atomic mass is 35.5. The third kappa shape index (κ3) is 6.95. The van der Waals surface area contributed by atoms with E-state index in [1.165, 1.54) is 6.92 Å². The van der Waals surface area contributed by atoms with Crippen LogP contribution in [-0.2, 0) is 20.9 Å². The monoisotopic (exact) mass is 531 g/mol. The van der Waals surface area contributed by atoms with Crippen LogP contribution in [0, 0.1) is 0 Å². The number of nitrogens with zero attached hydrogens (tertiary/aromatic N) is 2. The van der Waals surface area contributed by atoms with Gasteiger partial charge in [-0.3, -0.25) is 14.6 Å². The van der Waals surface area contributed by atoms with E-state index in [-0.39, 0.29) is 11.8 Å². The molecule has 0 atom stereocenters. The lowest BCUT2D eigenvalue weighted by molar-refractivity contribution is -0.192. The normalized spacial score (nSPS) is 13.1. The molecule has 11 heteroatoms. The standard InChI is InChI=1S/C24H20ClN3O2.C2HF3O2/c1-15(29)27-22-6-4-3-5-21(22)23-12-19-14-28(16(2)30)24-10-9-20(25)11-17(24)7-8-18(19)13-26-23;3-2(4,5)1(6)7/h3-13H,14H2,1-2H3,(H,27,29);(H,6,7)/b8-7-;. The van der Waals surface area contributed by atoms with Gasteiger partial charge in [0.25, 0.3) is 0 Å². The highest BCUT2D eigenvalue weighted by molar-refractivity contribution is 6.30. The predicted molar refractivity (Wildman–Crippen MR) is 135 cm³/mol. The number of benzene rings is 2. The molecule has 0 saturated carbocycles. The van der Waals surface area contributed by atoms with Crippen molar-refractivity contribution in [2.24, 2.45) is 0 Å². The number of para-hydroxylation sites is 1. The van der Waals surface area contributed by atoms with Crippen molar-refractivity contribution in [3.8, 4) is 11.3 Å². The molecule has 0 radical (unpaired) electrons. The summed E-state index contributed by atoms with van der Waals surface area (Å²) in [5.74, 6) is -2.96. The molecule has 0 saturated heterocycles. The topological polar surface area (TPSA) is 99.6 Å². The molecule has 3 aromatic rings. The molecule has 0 bridgehead atoms. The zero-order chi connectivity index (χ0) is 27.3. The molecule has 2 N–H and O–H groups in total. The van der Waals surface area contributed by atoms with Gasteiger partial charge in [-0.1, -0.05) is 42.0 Å². The van der Waals surface area contributed by atoms with Gasteiger partial charge in [-0.05, 0) is 47.0 Å². The third-order valence-electron chi connectivity index (χ3n) is 5.21. The summed E-state index contributed by atoms with van der Waals surface area (Å²) in [5, 5.41) is 10.6. The minimum atomic E-state index is -5.08. The van der Waals surface area contributed by atoms with Crippen molar-refractivity contribution < 1.29 is 32.7 Å². The Morgan fingerprint density at radius 2 is 1.68 bits per heavy atom. The molecule has 1 aromatic heterocycles. The summed E-state index contributed by atoms with van der Waals surface area (Å²) in [6.07, 6.45) is 0.639. The van der Waals surface area contributed by atoms with E-state index in [9.17, 15) is 22.8 Å². The fraction of sp³-hybridized carbons (Fsp3) is 0.154. The van der Waals surface area contributed by atoms with Crippen molar-refractivity contribution in [1.29, 1.82) is 0 Å². The Hall–Kier alpha value is -4.18. The Balaban J connectivity index is 0.000000479. The van der Waals surface area contributed by atoms with E-state index < -0.39 is 12.1 Å². The highest BCUT2D eigenvalue weighted by Crippen LogP contribution is 2.33. The number of carboxylic acid groups (broad SMARTS) is 1. The number of carboxylic acids is 1. The number of rotatable bonds is 2. The molecule has 37 heavy (non-hydrogen) atoms. The van der Waals surface area contributed by atoms with Crippen molar-refractivity contribution in [3.05, 3.63) is 76.4 Å². The first-order valence-electron chi connectivity index (χ1n) is 10.8. The van der Waals surface area contributed by atoms with Gasteiger partial charge < -0.3 is 15.3 Å². The lowest BCUT2D eigenvalue weighted by atomic mass is 10.00. The van der Waals surface area contributed by atoms with E-state index in [1.807, 2.05) is 54.6 Å². The minimum Gasteiger partial charge on any atom is -0.475 e. The number of carbonyl (C=O) groups excluding carboxylic acids is 2. The van der Waals surface area contributed by atoms with Gasteiger partial charge in [-0.2, -0.15) is 13.2 Å². The quantitative estimate of drug-likeness (QED) is 0.420. The van der Waals surface area contributed by atoms with E-state index in [2.05, 4.69) is 10.3 Å². The average molecular weight is 532 g/mol. The Morgan fingerprint density at radius 3 is 2.30 bits per heavy atom. The second-order valence-electron chi connectivity index (χ2n) is 7.94. The molecular weight excluding hydrogens is 511 g/mol. The van der Waals surface area contributed by atoms with Crippen LogP contribution < -0.4 is 10.2 Å². The molecule has 4 rings (SSSR count). The summed E-state index contributed by atoms with van der Waals surface area (Å²) in [7, 11) is 0. The first-order chi connectivity index (χ1) is 17.4. The Morgan fingerprint density at radius 1 is 1.03 bits per heavy atom. The SMILES string of the molecule is CC(=O)Nc1ccccc1-c1cc2c(cn1)/C=C\c1cc(Cl)ccc1N(C(C)=O)C2.O=C(O)C(F)(F)F. The molecule has 1 aliphatic rings. The molecule has 0 aliphatic carbocycles. The molecule has 2 aromatic carbocycles. The van der Waals surface area contributed by atoms with Gasteiger partial charge in [0, 0.05) is 30.6 Å². The largest absolute Gasteiger partial charge is 0.490 e. The molecule has 0 spiro atoms. The van der Waals surface area contributed by atoms with Crippen LogP contribution in [0.4, 0.5) is 24.5 Å². The Bertz CT molecular complexity index is 1390. The highest BCUT2D eigenvalue weighted by Gasteiger charge is 2.38. The molecule has 0 unspecified atom stereocenters. The smallest absolute Gasteiger partial charge is 0.475 e. The molecule has 7 nitrogen and oxygen atoms in total. The Labute approximate surface area is 215 Å². The lowest BCUT2D eigenvalue weighted by Gasteiger charge is -2.26. The van der Waals surface area contributed by atoms with Crippen molar-refractivity contribution >= 4 is 52.9 Å². The van der Waals surface area contributed by atoms with Crippen LogP contribution in [0.1, 0.15) is 30.5 Å². The Kier molecular flexibility index (Phi) is 8.34. The molecule has 2 heterocycles. The van der Waals surface area contributed by atoms with E-state index in [0.29, 0.717) is 17.3 Å². The third-order valence-corrected chi connectivity index (χ3v) is 5.45. The van der Waals surface area contributed by atoms with Gasteiger partial charge in [0.1, 0.15) is 0 Å². The fourth-order valence-electron chi connectivity index (χ4n) is 3.57. The number of hydrogen-bond acceptors (Lipinski definition) is 4. The number of carbonyl (C=O) groups is 3. The average Bonchev–Trinajstić information content (AvgIpc) is 2.80. The minimum absolute atomic E-state index is 0.0585. The van der Waals surface area contributed by atoms with Crippen LogP contribution in [0.25, 0.3) is 23.4 Å². The summed E-state index contributed by atoms with van der Waals surface area (Å²) in [6, 6.07) is 15.0. The van der Waals surface area contributed by atoms with Crippen molar-refractivity contribution in [2.75, 3.05) is 10.2 Å². The van der Waals surface area contributed by atoms with Gasteiger partial charge in [-0.25, -0.2) is 4.79 Å². The van der Waals surface area contributed by atoms with E-state index in [1.54, 1.807) is 24.1 Å². The summed E-state index contributed by atoms with van der Waals surface area (Å²) in [5.41, 5.74) is 5.82. The number of halogens is 4. The molecule has 1 aliphatic heterocycles. The number of alkyl halides is 3. The van der Waals surface area contributed by atoms with Gasteiger partial charge in [0.05, 0.1) is 23.6 Å². The van der Waals surface area contributed by atoms with Crippen LogP contribution in [-0.4, -0.2) is 34.1 Å². The maximum Gasteiger partial charge on any atom is 0.490 e. The molecule has 0 fully saturated rings. The first-order valence-corrected chi connectivity index (χ1v) is 11.2. The number of aromatic nitrogens is 1. The summed E-state index contributed by atoms with van der Waals surface area (Å²) < 4.78 is 31.7. The zero-order valence-electron chi connectivity index (χ0n) is 19.6. The first kappa shape index (κ1) is 27.4. The van der Waals surface area contributed by atoms with E-state index >= 15 is 0 Å². The summed E-state index contributed by atoms with van der Waals surface area (Å²) >= 11 is 6.16. The second kappa shape index (κ2) is 11.3. The van der Waals surface area contributed by atoms with Crippen molar-refractivity contribution in [2.45, 2.75) is 26.6 Å². The van der Waals surface area contributed by atoms with Crippen molar-refractivity contribution in [3.63, 3.8) is 0 Å². The molecular formula is C26H21ClF3N3O4. The summed E-state index contributed by atoms with van der Waals surface area (Å²) in [6.45, 7) is 3.43. The zero-order valence-corrected chi connectivity index (χ0v) is 20.4. The van der Waals surface area contributed by atoms with Gasteiger partial charge in [0.2, 0.25) is 11.8 Å². The van der Waals surface area contributed by atoms with Crippen LogP contribution in [0.15, 0.2) is 54.7 Å².